The number of para-hydroxylation sites is 1. The molecule has 0 saturated heterocycles. The van der Waals surface area contributed by atoms with Crippen LogP contribution in [0.5, 0.6) is 0 Å². The first-order valence-electron chi connectivity index (χ1n) is 17.1. The summed E-state index contributed by atoms with van der Waals surface area (Å²) in [6, 6.07) is 52.5. The Morgan fingerprint density at radius 1 is 0.528 bits per heavy atom. The fourth-order valence-electron chi connectivity index (χ4n) is 7.13. The largest absolute Gasteiger partial charge is 2.00 e. The molecule has 0 amide bonds. The summed E-state index contributed by atoms with van der Waals surface area (Å²) < 4.78 is 32.0. The zero-order valence-corrected chi connectivity index (χ0v) is 30.4. The van der Waals surface area contributed by atoms with Gasteiger partial charge in [-0.1, -0.05) is 138 Å². The van der Waals surface area contributed by atoms with E-state index < -0.39 is 11.7 Å². The molecule has 6 heteroatoms. The smallest absolute Gasteiger partial charge is 0.313 e. The number of benzene rings is 6. The van der Waals surface area contributed by atoms with E-state index in [1.165, 1.54) is 24.3 Å². The van der Waals surface area contributed by atoms with Gasteiger partial charge >= 0.3 is 21.1 Å². The van der Waals surface area contributed by atoms with E-state index in [-0.39, 0.29) is 26.9 Å². The van der Waals surface area contributed by atoms with Crippen LogP contribution in [0.25, 0.3) is 11.1 Å². The van der Waals surface area contributed by atoms with E-state index in [1.807, 2.05) is 151 Å². The van der Waals surface area contributed by atoms with Crippen LogP contribution in [0.3, 0.4) is 0 Å². The number of anilines is 2. The van der Waals surface area contributed by atoms with Gasteiger partial charge in [0.2, 0.25) is 0 Å². The standard InChI is InChI=1S/C47H29F2N3.Pt/c48-37-26-34-25-35(27-37)46(32-15-7-2-8-16-32)43-23-24-44(51-43)52(39-19-11-4-12-20-39)40-29-36(28-38(49)30-40)47(33-17-9-3-10-18-33)42-22-21-41(50-42)45(34)31-13-5-1-6-14-31;/h1-24,26-28,30,45H;/q-2;+2/b46-43-,47-42-;. The average molecular weight is 869 g/mol. The number of fused-ring (bicyclic) bond motifs is 6. The Balaban J connectivity index is 0.00000400. The van der Waals surface area contributed by atoms with Crippen molar-refractivity contribution >= 4 is 34.1 Å². The normalized spacial score (nSPS) is 18.8. The molecule has 3 aliphatic rings. The van der Waals surface area contributed by atoms with Crippen LogP contribution in [-0.4, -0.2) is 11.5 Å². The molecule has 256 valence electrons. The second-order valence-electron chi connectivity index (χ2n) is 12.7. The van der Waals surface area contributed by atoms with Gasteiger partial charge < -0.3 is 4.90 Å². The van der Waals surface area contributed by atoms with Crippen LogP contribution in [0, 0.1) is 23.8 Å². The summed E-state index contributed by atoms with van der Waals surface area (Å²) in [5.74, 6) is -0.699. The molecule has 0 fully saturated rings. The van der Waals surface area contributed by atoms with E-state index >= 15 is 8.78 Å². The number of nitrogens with zero attached hydrogens (tertiary/aromatic N) is 3. The summed E-state index contributed by atoms with van der Waals surface area (Å²) in [6.07, 6.45) is 7.74. The molecule has 1 unspecified atom stereocenters. The molecule has 3 aliphatic heterocycles. The molecule has 0 radical (unpaired) electrons. The second kappa shape index (κ2) is 14.5. The van der Waals surface area contributed by atoms with Gasteiger partial charge in [-0.3, -0.25) is 4.99 Å². The molecule has 0 aliphatic carbocycles. The van der Waals surface area contributed by atoms with Crippen molar-refractivity contribution in [3.8, 4) is 0 Å². The molecule has 3 heterocycles. The van der Waals surface area contributed by atoms with E-state index in [0.29, 0.717) is 45.3 Å². The first-order valence-corrected chi connectivity index (χ1v) is 17.1. The number of amidine groups is 1. The minimum Gasteiger partial charge on any atom is -0.313 e. The van der Waals surface area contributed by atoms with Gasteiger partial charge in [0.1, 0.15) is 5.84 Å². The Morgan fingerprint density at radius 3 is 1.70 bits per heavy atom. The molecule has 8 bridgehead atoms. The number of allylic oxidation sites excluding steroid dienone is 3. The van der Waals surface area contributed by atoms with Crippen molar-refractivity contribution in [2.75, 3.05) is 4.90 Å². The van der Waals surface area contributed by atoms with Crippen LogP contribution in [0.1, 0.15) is 39.3 Å². The van der Waals surface area contributed by atoms with Gasteiger partial charge in [-0.05, 0) is 47.7 Å². The third-order valence-electron chi connectivity index (χ3n) is 9.36. The number of hydrogen-bond acceptors (Lipinski definition) is 3. The summed E-state index contributed by atoms with van der Waals surface area (Å²) in [4.78, 5) is 12.3. The van der Waals surface area contributed by atoms with E-state index in [1.54, 1.807) is 0 Å². The van der Waals surface area contributed by atoms with E-state index in [9.17, 15) is 0 Å². The number of halogens is 2. The Kier molecular flexibility index (Phi) is 9.35. The third kappa shape index (κ3) is 6.61. The summed E-state index contributed by atoms with van der Waals surface area (Å²) in [5.41, 5.74) is 9.08. The molecular weight excluding hydrogens is 840 g/mol. The summed E-state index contributed by atoms with van der Waals surface area (Å²) in [5, 5.41) is 0. The zero-order valence-electron chi connectivity index (χ0n) is 28.2. The minimum absolute atomic E-state index is 0. The Morgan fingerprint density at radius 2 is 1.06 bits per heavy atom. The van der Waals surface area contributed by atoms with Crippen LogP contribution in [-0.2, 0) is 21.1 Å². The maximum Gasteiger partial charge on any atom is 2.00 e. The van der Waals surface area contributed by atoms with Gasteiger partial charge in [0.15, 0.2) is 0 Å². The maximum atomic E-state index is 16.0. The van der Waals surface area contributed by atoms with Crippen molar-refractivity contribution in [3.63, 3.8) is 0 Å². The molecular formula is C47H29F2N3Pt. The Bertz CT molecular complexity index is 2340. The minimum atomic E-state index is -0.449. The van der Waals surface area contributed by atoms with Crippen LogP contribution in [0.15, 0.2) is 191 Å². The van der Waals surface area contributed by atoms with Crippen molar-refractivity contribution in [1.29, 1.82) is 0 Å². The van der Waals surface area contributed by atoms with Gasteiger partial charge in [0.05, 0.1) is 5.71 Å². The molecule has 0 saturated carbocycles. The van der Waals surface area contributed by atoms with E-state index in [2.05, 4.69) is 12.1 Å². The molecule has 3 nitrogen and oxygen atoms in total. The molecule has 9 rings (SSSR count). The fraction of sp³-hybridized carbons (Fsp3) is 0.0213. The molecule has 6 aromatic carbocycles. The zero-order chi connectivity index (χ0) is 35.0. The molecule has 0 spiro atoms. The molecule has 53 heavy (non-hydrogen) atoms. The van der Waals surface area contributed by atoms with Gasteiger partial charge in [-0.2, -0.15) is 0 Å². The van der Waals surface area contributed by atoms with Gasteiger partial charge in [-0.25, -0.2) is 13.8 Å². The van der Waals surface area contributed by atoms with Gasteiger partial charge in [0.25, 0.3) is 0 Å². The monoisotopic (exact) mass is 868 g/mol. The van der Waals surface area contributed by atoms with Crippen LogP contribution in [0.4, 0.5) is 20.2 Å². The Labute approximate surface area is 321 Å². The van der Waals surface area contributed by atoms with Crippen molar-refractivity contribution in [2.45, 2.75) is 5.92 Å². The van der Waals surface area contributed by atoms with E-state index in [0.717, 1.165) is 33.5 Å². The SMILES string of the molecule is Fc1cc2[c-]c(c1)C(c1ccccc1)C1=N/C(=C(/c3ccccc3)c3[c-]c(cc(F)c3)N(c3ccccc3)C3=N/C(=C\2c2ccccc2)C=C3)C=C1.[Pt+2]. The number of aliphatic imine (C=N–C) groups is 2. The molecule has 0 aromatic heterocycles. The van der Waals surface area contributed by atoms with Gasteiger partial charge in [0, 0.05) is 34.6 Å². The first-order chi connectivity index (χ1) is 25.6. The summed E-state index contributed by atoms with van der Waals surface area (Å²) >= 11 is 0. The predicted octanol–water partition coefficient (Wildman–Crippen LogP) is 11.0. The molecule has 6 aromatic rings. The van der Waals surface area contributed by atoms with Gasteiger partial charge in [-0.15, -0.1) is 47.0 Å². The second-order valence-corrected chi connectivity index (χ2v) is 12.7. The van der Waals surface area contributed by atoms with Crippen molar-refractivity contribution < 1.29 is 29.8 Å². The Hall–Kier alpha value is -6.03. The summed E-state index contributed by atoms with van der Waals surface area (Å²) in [7, 11) is 0. The number of hydrogen-bond donors (Lipinski definition) is 0. The first kappa shape index (κ1) is 34.1. The molecule has 1 atom stereocenters. The van der Waals surface area contributed by atoms with E-state index in [4.69, 9.17) is 9.98 Å². The van der Waals surface area contributed by atoms with Crippen LogP contribution >= 0.6 is 0 Å². The fourth-order valence-corrected chi connectivity index (χ4v) is 7.13. The quantitative estimate of drug-likeness (QED) is 0.162. The maximum absolute atomic E-state index is 16.0. The van der Waals surface area contributed by atoms with Crippen molar-refractivity contribution in [1.82, 2.24) is 0 Å². The van der Waals surface area contributed by atoms with Crippen LogP contribution in [0.2, 0.25) is 0 Å². The topological polar surface area (TPSA) is 28.0 Å². The average Bonchev–Trinajstić information content (AvgIpc) is 3.84. The summed E-state index contributed by atoms with van der Waals surface area (Å²) in [6.45, 7) is 0. The number of rotatable bonds is 4. The molecule has 0 N–H and O–H groups in total. The van der Waals surface area contributed by atoms with Crippen LogP contribution < -0.4 is 4.90 Å². The van der Waals surface area contributed by atoms with Crippen molar-refractivity contribution in [2.24, 2.45) is 9.98 Å². The van der Waals surface area contributed by atoms with Crippen molar-refractivity contribution in [3.05, 3.63) is 238 Å². The third-order valence-corrected chi connectivity index (χ3v) is 9.36. The predicted molar refractivity (Wildman–Crippen MR) is 205 cm³/mol.